The predicted molar refractivity (Wildman–Crippen MR) is 61.9 cm³/mol. The molecule has 5 nitrogen and oxygen atoms in total. The van der Waals surface area contributed by atoms with E-state index in [1.54, 1.807) is 6.20 Å². The molecular formula is C10H19N5. The number of aryl methyl sites for hydroxylation is 1. The van der Waals surface area contributed by atoms with Gasteiger partial charge in [0.1, 0.15) is 5.82 Å². The summed E-state index contributed by atoms with van der Waals surface area (Å²) >= 11 is 0. The highest BCUT2D eigenvalue weighted by atomic mass is 15.4. The fraction of sp³-hybridized carbons (Fsp3) is 0.700. The molecule has 1 fully saturated rings. The van der Waals surface area contributed by atoms with Crippen molar-refractivity contribution in [3.05, 3.63) is 6.20 Å². The fourth-order valence-corrected chi connectivity index (χ4v) is 2.25. The van der Waals surface area contributed by atoms with E-state index in [0.29, 0.717) is 6.04 Å². The van der Waals surface area contributed by atoms with Gasteiger partial charge >= 0.3 is 0 Å². The summed E-state index contributed by atoms with van der Waals surface area (Å²) in [5.41, 5.74) is 6.70. The minimum Gasteiger partial charge on any atom is -0.394 e. The average Bonchev–Trinajstić information content (AvgIpc) is 2.48. The van der Waals surface area contributed by atoms with Gasteiger partial charge < -0.3 is 15.5 Å². The quantitative estimate of drug-likeness (QED) is 0.715. The third-order valence-corrected chi connectivity index (χ3v) is 3.04. The molecule has 0 radical (unpaired) electrons. The van der Waals surface area contributed by atoms with Gasteiger partial charge in [-0.1, -0.05) is 0 Å². The second-order valence-corrected chi connectivity index (χ2v) is 4.35. The van der Waals surface area contributed by atoms with Crippen LogP contribution in [-0.2, 0) is 7.05 Å². The van der Waals surface area contributed by atoms with E-state index < -0.39 is 0 Å². The van der Waals surface area contributed by atoms with Crippen molar-refractivity contribution in [2.24, 2.45) is 7.05 Å². The number of piperazine rings is 1. The van der Waals surface area contributed by atoms with Gasteiger partial charge in [-0.25, -0.2) is 0 Å². The molecule has 2 N–H and O–H groups in total. The molecule has 0 amide bonds. The lowest BCUT2D eigenvalue weighted by atomic mass is 10.2. The molecule has 84 valence electrons. The van der Waals surface area contributed by atoms with Crippen molar-refractivity contribution in [1.82, 2.24) is 14.7 Å². The second kappa shape index (κ2) is 3.73. The molecule has 1 saturated heterocycles. The number of nitrogen functional groups attached to an aromatic ring is 1. The predicted octanol–water partition coefficient (Wildman–Crippen LogP) is 0.143. The molecule has 15 heavy (non-hydrogen) atoms. The van der Waals surface area contributed by atoms with Gasteiger partial charge in [-0.2, -0.15) is 5.10 Å². The topological polar surface area (TPSA) is 50.3 Å². The number of nitrogens with zero attached hydrogens (tertiary/aromatic N) is 4. The van der Waals surface area contributed by atoms with Gasteiger partial charge in [0.05, 0.1) is 11.9 Å². The summed E-state index contributed by atoms with van der Waals surface area (Å²) < 4.78 is 1.86. The van der Waals surface area contributed by atoms with Gasteiger partial charge in [0, 0.05) is 32.7 Å². The molecule has 1 aromatic rings. The fourth-order valence-electron chi connectivity index (χ4n) is 2.25. The van der Waals surface area contributed by atoms with E-state index in [-0.39, 0.29) is 0 Å². The van der Waals surface area contributed by atoms with Gasteiger partial charge in [-0.05, 0) is 14.0 Å². The van der Waals surface area contributed by atoms with Gasteiger partial charge in [0.15, 0.2) is 0 Å². The molecule has 1 aliphatic heterocycles. The van der Waals surface area contributed by atoms with Gasteiger partial charge in [0.2, 0.25) is 0 Å². The number of aromatic nitrogens is 2. The van der Waals surface area contributed by atoms with Crippen LogP contribution in [0.5, 0.6) is 0 Å². The molecule has 1 atom stereocenters. The molecule has 2 rings (SSSR count). The van der Waals surface area contributed by atoms with E-state index in [2.05, 4.69) is 28.9 Å². The molecule has 1 aliphatic rings. The van der Waals surface area contributed by atoms with Crippen molar-refractivity contribution in [2.45, 2.75) is 13.0 Å². The minimum absolute atomic E-state index is 0.487. The molecular weight excluding hydrogens is 190 g/mol. The van der Waals surface area contributed by atoms with Crippen LogP contribution in [-0.4, -0.2) is 47.4 Å². The first kappa shape index (κ1) is 10.3. The van der Waals surface area contributed by atoms with Crippen LogP contribution in [0.15, 0.2) is 6.20 Å². The maximum atomic E-state index is 5.93. The Labute approximate surface area is 90.4 Å². The van der Waals surface area contributed by atoms with Gasteiger partial charge in [0.25, 0.3) is 0 Å². The van der Waals surface area contributed by atoms with Crippen molar-refractivity contribution in [3.8, 4) is 0 Å². The lowest BCUT2D eigenvalue weighted by Gasteiger charge is -2.39. The number of anilines is 2. The first-order chi connectivity index (χ1) is 7.09. The summed E-state index contributed by atoms with van der Waals surface area (Å²) in [5, 5.41) is 4.18. The molecule has 1 aromatic heterocycles. The zero-order valence-corrected chi connectivity index (χ0v) is 9.64. The molecule has 0 saturated carbocycles. The van der Waals surface area contributed by atoms with Gasteiger partial charge in [-0.15, -0.1) is 0 Å². The molecule has 5 heteroatoms. The summed E-state index contributed by atoms with van der Waals surface area (Å²) in [4.78, 5) is 4.68. The number of rotatable bonds is 1. The van der Waals surface area contributed by atoms with Crippen LogP contribution < -0.4 is 10.6 Å². The van der Waals surface area contributed by atoms with Crippen LogP contribution in [0.2, 0.25) is 0 Å². The minimum atomic E-state index is 0.487. The largest absolute Gasteiger partial charge is 0.394 e. The summed E-state index contributed by atoms with van der Waals surface area (Å²) in [6, 6.07) is 0.487. The van der Waals surface area contributed by atoms with E-state index in [4.69, 9.17) is 5.73 Å². The third-order valence-electron chi connectivity index (χ3n) is 3.04. The number of likely N-dealkylation sites (N-methyl/N-ethyl adjacent to an activating group) is 1. The van der Waals surface area contributed by atoms with Crippen molar-refractivity contribution in [2.75, 3.05) is 37.3 Å². The molecule has 1 unspecified atom stereocenters. The van der Waals surface area contributed by atoms with E-state index in [0.717, 1.165) is 31.1 Å². The van der Waals surface area contributed by atoms with Crippen LogP contribution in [0.25, 0.3) is 0 Å². The smallest absolute Gasteiger partial charge is 0.150 e. The molecule has 0 spiro atoms. The van der Waals surface area contributed by atoms with Crippen molar-refractivity contribution in [3.63, 3.8) is 0 Å². The molecule has 0 bridgehead atoms. The third kappa shape index (κ3) is 1.79. The zero-order valence-electron chi connectivity index (χ0n) is 9.64. The Bertz CT molecular complexity index is 326. The monoisotopic (exact) mass is 209 g/mol. The zero-order chi connectivity index (χ0) is 11.0. The van der Waals surface area contributed by atoms with Crippen molar-refractivity contribution >= 4 is 11.5 Å². The lowest BCUT2D eigenvalue weighted by Crippen LogP contribution is -2.51. The maximum Gasteiger partial charge on any atom is 0.150 e. The van der Waals surface area contributed by atoms with E-state index in [9.17, 15) is 0 Å². The highest BCUT2D eigenvalue weighted by Gasteiger charge is 2.25. The normalized spacial score (nSPS) is 23.4. The number of hydrogen-bond acceptors (Lipinski definition) is 4. The molecule has 2 heterocycles. The van der Waals surface area contributed by atoms with Crippen LogP contribution in [0.1, 0.15) is 6.92 Å². The standard InChI is InChI=1S/C10H19N5/c1-8-7-13(2)4-5-15(8)10-9(11)6-12-14(10)3/h6,8H,4-5,7,11H2,1-3H3. The summed E-state index contributed by atoms with van der Waals surface area (Å²) in [5.74, 6) is 1.05. The first-order valence-electron chi connectivity index (χ1n) is 5.32. The van der Waals surface area contributed by atoms with Crippen molar-refractivity contribution in [1.29, 1.82) is 0 Å². The Balaban J connectivity index is 2.24. The summed E-state index contributed by atoms with van der Waals surface area (Å²) in [6.07, 6.45) is 1.72. The van der Waals surface area contributed by atoms with E-state index in [1.165, 1.54) is 0 Å². The van der Waals surface area contributed by atoms with Crippen LogP contribution in [0, 0.1) is 0 Å². The average molecular weight is 209 g/mol. The van der Waals surface area contributed by atoms with Gasteiger partial charge in [-0.3, -0.25) is 4.68 Å². The van der Waals surface area contributed by atoms with E-state index >= 15 is 0 Å². The highest BCUT2D eigenvalue weighted by Crippen LogP contribution is 2.25. The van der Waals surface area contributed by atoms with E-state index in [1.807, 2.05) is 11.7 Å². The summed E-state index contributed by atoms with van der Waals surface area (Å²) in [6.45, 7) is 5.39. The van der Waals surface area contributed by atoms with Crippen LogP contribution in [0.4, 0.5) is 11.5 Å². The Morgan fingerprint density at radius 3 is 2.67 bits per heavy atom. The Hall–Kier alpha value is -1.23. The number of nitrogens with two attached hydrogens (primary N) is 1. The second-order valence-electron chi connectivity index (χ2n) is 4.35. The molecule has 0 aliphatic carbocycles. The SMILES string of the molecule is CC1CN(C)CCN1c1c(N)cnn1C. The Kier molecular flexibility index (Phi) is 2.56. The first-order valence-corrected chi connectivity index (χ1v) is 5.32. The molecule has 0 aromatic carbocycles. The van der Waals surface area contributed by atoms with Crippen LogP contribution in [0.3, 0.4) is 0 Å². The van der Waals surface area contributed by atoms with Crippen molar-refractivity contribution < 1.29 is 0 Å². The highest BCUT2D eigenvalue weighted by molar-refractivity contribution is 5.63. The summed E-state index contributed by atoms with van der Waals surface area (Å²) in [7, 11) is 4.09. The number of hydrogen-bond donors (Lipinski definition) is 1. The van der Waals surface area contributed by atoms with Crippen LogP contribution >= 0.6 is 0 Å². The lowest BCUT2D eigenvalue weighted by molar-refractivity contribution is 0.273. The Morgan fingerprint density at radius 1 is 1.40 bits per heavy atom. The Morgan fingerprint density at radius 2 is 2.13 bits per heavy atom. The maximum absolute atomic E-state index is 5.93.